The van der Waals surface area contributed by atoms with Gasteiger partial charge in [0.1, 0.15) is 0 Å². The summed E-state index contributed by atoms with van der Waals surface area (Å²) in [4.78, 5) is 24.5. The second-order valence-electron chi connectivity index (χ2n) is 23.9. The molecule has 0 rings (SSSR count). The molecule has 2 atom stereocenters. The molecule has 0 saturated heterocycles. The van der Waals surface area contributed by atoms with Gasteiger partial charge in [0, 0.05) is 12.8 Å². The first kappa shape index (κ1) is 74.3. The molecule has 1 amide bonds. The summed E-state index contributed by atoms with van der Waals surface area (Å²) in [6.07, 6.45) is 82.5. The number of carbonyl (C=O) groups excluding carboxylic acids is 2. The molecule has 0 aliphatic rings. The highest BCUT2D eigenvalue weighted by molar-refractivity contribution is 5.76. The Morgan fingerprint density at radius 3 is 0.934 bits per heavy atom. The third-order valence-corrected chi connectivity index (χ3v) is 16.2. The highest BCUT2D eigenvalue weighted by atomic mass is 16.5. The Labute approximate surface area is 475 Å². The number of hydrogen-bond acceptors (Lipinski definition) is 5. The van der Waals surface area contributed by atoms with E-state index in [-0.39, 0.29) is 18.5 Å². The van der Waals surface area contributed by atoms with E-state index in [4.69, 9.17) is 4.74 Å². The Kier molecular flexibility index (Phi) is 64.4. The number of unbranched alkanes of at least 4 members (excludes halogenated alkanes) is 52. The van der Waals surface area contributed by atoms with E-state index in [1.54, 1.807) is 6.08 Å². The molecule has 0 radical (unpaired) electrons. The molecular formula is C70H135NO5. The number of carbonyl (C=O) groups is 2. The number of nitrogens with one attached hydrogen (secondary N) is 1. The van der Waals surface area contributed by atoms with E-state index < -0.39 is 12.1 Å². The highest BCUT2D eigenvalue weighted by Crippen LogP contribution is 2.18. The van der Waals surface area contributed by atoms with E-state index >= 15 is 0 Å². The fraction of sp³-hybridized carbons (Fsp3) is 0.914. The Bertz CT molecular complexity index is 1190. The van der Waals surface area contributed by atoms with Crippen molar-refractivity contribution in [3.63, 3.8) is 0 Å². The smallest absolute Gasteiger partial charge is 0.305 e. The van der Waals surface area contributed by atoms with E-state index in [1.165, 1.54) is 321 Å². The summed E-state index contributed by atoms with van der Waals surface area (Å²) in [5, 5.41) is 23.2. The van der Waals surface area contributed by atoms with Gasteiger partial charge in [-0.2, -0.15) is 0 Å². The molecule has 0 aromatic carbocycles. The van der Waals surface area contributed by atoms with Crippen molar-refractivity contribution in [1.82, 2.24) is 5.32 Å². The number of allylic oxidation sites excluding steroid dienone is 3. The summed E-state index contributed by atoms with van der Waals surface area (Å²) < 4.78 is 5.48. The number of rotatable bonds is 65. The Hall–Kier alpha value is -1.66. The molecule has 3 N–H and O–H groups in total. The van der Waals surface area contributed by atoms with Crippen molar-refractivity contribution in [3.8, 4) is 0 Å². The van der Waals surface area contributed by atoms with Crippen molar-refractivity contribution in [3.05, 3.63) is 24.3 Å². The summed E-state index contributed by atoms with van der Waals surface area (Å²) in [5.74, 6) is -0.0490. The van der Waals surface area contributed by atoms with Gasteiger partial charge >= 0.3 is 5.97 Å². The van der Waals surface area contributed by atoms with Gasteiger partial charge in [-0.25, -0.2) is 0 Å². The minimum atomic E-state index is -0.845. The van der Waals surface area contributed by atoms with E-state index in [0.717, 1.165) is 38.5 Å². The first-order valence-electron chi connectivity index (χ1n) is 34.6. The third kappa shape index (κ3) is 61.6. The molecule has 0 aliphatic carbocycles. The first-order chi connectivity index (χ1) is 37.5. The molecule has 450 valence electrons. The van der Waals surface area contributed by atoms with Crippen molar-refractivity contribution in [2.24, 2.45) is 0 Å². The zero-order chi connectivity index (χ0) is 55.0. The third-order valence-electron chi connectivity index (χ3n) is 16.2. The maximum absolute atomic E-state index is 12.5. The van der Waals surface area contributed by atoms with Crippen LogP contribution in [0.4, 0.5) is 0 Å². The molecule has 0 aromatic rings. The average Bonchev–Trinajstić information content (AvgIpc) is 3.42. The lowest BCUT2D eigenvalue weighted by atomic mass is 10.0. The maximum atomic E-state index is 12.5. The molecule has 0 saturated carbocycles. The van der Waals surface area contributed by atoms with Crippen LogP contribution in [-0.2, 0) is 14.3 Å². The summed E-state index contributed by atoms with van der Waals surface area (Å²) in [6, 6.07) is -0.629. The summed E-state index contributed by atoms with van der Waals surface area (Å²) >= 11 is 0. The number of aliphatic hydroxyl groups excluding tert-OH is 2. The standard InChI is InChI=1S/C70H135NO5/c1-3-5-7-9-11-13-15-17-18-19-20-30-33-36-39-42-46-50-54-58-62-68(73)67(66-72)71-69(74)63-59-55-51-47-43-40-37-34-31-28-26-24-22-21-23-25-27-29-32-35-38-41-45-49-53-57-61-65-76-70(75)64-60-56-52-48-44-16-14-12-10-8-6-4-2/h21-22,58,62,67-68,72-73H,3-20,23-57,59-61,63-66H2,1-2H3,(H,71,74)/b22-21-,62-58+. The van der Waals surface area contributed by atoms with Gasteiger partial charge in [-0.1, -0.05) is 340 Å². The molecule has 6 heteroatoms. The van der Waals surface area contributed by atoms with Crippen molar-refractivity contribution in [2.75, 3.05) is 13.2 Å². The van der Waals surface area contributed by atoms with Gasteiger partial charge in [-0.15, -0.1) is 0 Å². The highest BCUT2D eigenvalue weighted by Gasteiger charge is 2.18. The zero-order valence-corrected chi connectivity index (χ0v) is 51.5. The lowest BCUT2D eigenvalue weighted by molar-refractivity contribution is -0.143. The number of amides is 1. The minimum absolute atomic E-state index is 0.0160. The lowest BCUT2D eigenvalue weighted by Crippen LogP contribution is -2.45. The van der Waals surface area contributed by atoms with Crippen LogP contribution in [0, 0.1) is 0 Å². The monoisotopic (exact) mass is 1070 g/mol. The second-order valence-corrected chi connectivity index (χ2v) is 23.9. The summed E-state index contributed by atoms with van der Waals surface area (Å²) in [7, 11) is 0. The van der Waals surface area contributed by atoms with Gasteiger partial charge in [0.15, 0.2) is 0 Å². The van der Waals surface area contributed by atoms with Crippen molar-refractivity contribution >= 4 is 11.9 Å². The SMILES string of the molecule is CCCCCCCCCCCCCCCCCCCC/C=C/C(O)C(CO)NC(=O)CCCCCCCCCCCCC/C=C\CCCCCCCCCCCCCCOC(=O)CCCCCCCCCCCCCC. The molecule has 0 bridgehead atoms. The van der Waals surface area contributed by atoms with Crippen LogP contribution in [0.1, 0.15) is 386 Å². The minimum Gasteiger partial charge on any atom is -0.466 e. The Morgan fingerprint density at radius 1 is 0.355 bits per heavy atom. The maximum Gasteiger partial charge on any atom is 0.305 e. The first-order valence-corrected chi connectivity index (χ1v) is 34.6. The predicted octanol–water partition coefficient (Wildman–Crippen LogP) is 22.1. The normalized spacial score (nSPS) is 12.6. The van der Waals surface area contributed by atoms with Crippen LogP contribution in [0.15, 0.2) is 24.3 Å². The van der Waals surface area contributed by atoms with Crippen molar-refractivity contribution in [2.45, 2.75) is 398 Å². The van der Waals surface area contributed by atoms with E-state index in [0.29, 0.717) is 19.4 Å². The van der Waals surface area contributed by atoms with Gasteiger partial charge in [0.05, 0.1) is 25.4 Å². The molecular weight excluding hydrogens is 935 g/mol. The van der Waals surface area contributed by atoms with Crippen LogP contribution in [0.5, 0.6) is 0 Å². The average molecular weight is 1070 g/mol. The Balaban J connectivity index is 3.41. The van der Waals surface area contributed by atoms with Crippen LogP contribution in [0.25, 0.3) is 0 Å². The number of esters is 1. The van der Waals surface area contributed by atoms with Crippen LogP contribution in [0.3, 0.4) is 0 Å². The fourth-order valence-corrected chi connectivity index (χ4v) is 10.9. The molecule has 76 heavy (non-hydrogen) atoms. The molecule has 0 spiro atoms. The molecule has 0 fully saturated rings. The summed E-state index contributed by atoms with van der Waals surface area (Å²) in [5.41, 5.74) is 0. The Morgan fingerprint density at radius 2 is 0.618 bits per heavy atom. The number of ether oxygens (including phenoxy) is 1. The van der Waals surface area contributed by atoms with Crippen LogP contribution in [0.2, 0.25) is 0 Å². The molecule has 0 heterocycles. The number of hydrogen-bond donors (Lipinski definition) is 3. The fourth-order valence-electron chi connectivity index (χ4n) is 10.9. The van der Waals surface area contributed by atoms with Crippen molar-refractivity contribution < 1.29 is 24.5 Å². The van der Waals surface area contributed by atoms with Crippen LogP contribution < -0.4 is 5.32 Å². The predicted molar refractivity (Wildman–Crippen MR) is 333 cm³/mol. The van der Waals surface area contributed by atoms with E-state index in [9.17, 15) is 19.8 Å². The lowest BCUT2D eigenvalue weighted by Gasteiger charge is -2.20. The van der Waals surface area contributed by atoms with Crippen LogP contribution in [-0.4, -0.2) is 47.4 Å². The van der Waals surface area contributed by atoms with Gasteiger partial charge < -0.3 is 20.3 Å². The molecule has 0 aliphatic heterocycles. The van der Waals surface area contributed by atoms with E-state index in [2.05, 4.69) is 31.3 Å². The van der Waals surface area contributed by atoms with E-state index in [1.807, 2.05) is 6.08 Å². The molecule has 2 unspecified atom stereocenters. The van der Waals surface area contributed by atoms with Gasteiger partial charge in [0.25, 0.3) is 0 Å². The van der Waals surface area contributed by atoms with Crippen molar-refractivity contribution in [1.29, 1.82) is 0 Å². The van der Waals surface area contributed by atoms with Crippen LogP contribution >= 0.6 is 0 Å². The number of aliphatic hydroxyl groups is 2. The van der Waals surface area contributed by atoms with Gasteiger partial charge in [0.2, 0.25) is 5.91 Å². The largest absolute Gasteiger partial charge is 0.466 e. The molecule has 6 nitrogen and oxygen atoms in total. The van der Waals surface area contributed by atoms with Gasteiger partial charge in [-0.05, 0) is 57.8 Å². The summed E-state index contributed by atoms with van der Waals surface area (Å²) in [6.45, 7) is 4.94. The van der Waals surface area contributed by atoms with Gasteiger partial charge in [-0.3, -0.25) is 9.59 Å². The quantitative estimate of drug-likeness (QED) is 0.0320. The topological polar surface area (TPSA) is 95.9 Å². The zero-order valence-electron chi connectivity index (χ0n) is 51.5. The second kappa shape index (κ2) is 65.9. The molecule has 0 aromatic heterocycles.